The lowest BCUT2D eigenvalue weighted by Crippen LogP contribution is -1.91. The molecule has 0 radical (unpaired) electrons. The van der Waals surface area contributed by atoms with Crippen LogP contribution in [0.3, 0.4) is 0 Å². The molecule has 0 bridgehead atoms. The zero-order valence-electron chi connectivity index (χ0n) is 10.2. The molecule has 6 nitrogen and oxygen atoms in total. The summed E-state index contributed by atoms with van der Waals surface area (Å²) in [6.45, 7) is 0. The highest BCUT2D eigenvalue weighted by atomic mass is 32.2. The van der Waals surface area contributed by atoms with E-state index >= 15 is 0 Å². The van der Waals surface area contributed by atoms with Gasteiger partial charge in [0.1, 0.15) is 5.52 Å². The Bertz CT molecular complexity index is 586. The van der Waals surface area contributed by atoms with Crippen molar-refractivity contribution in [1.29, 1.82) is 0 Å². The Morgan fingerprint density at radius 2 is 2.26 bits per heavy atom. The maximum absolute atomic E-state index is 10.9. The number of unbranched alkanes of at least 4 members (excludes halogenated alkanes) is 1. The first kappa shape index (κ1) is 13.5. The number of oxazole rings is 1. The van der Waals surface area contributed by atoms with E-state index in [1.54, 1.807) is 0 Å². The number of aromatic nitrogens is 1. The highest BCUT2D eigenvalue weighted by Crippen LogP contribution is 2.23. The van der Waals surface area contributed by atoms with Crippen LogP contribution < -0.4 is 0 Å². The van der Waals surface area contributed by atoms with Gasteiger partial charge < -0.3 is 4.42 Å². The molecule has 2 aromatic rings. The lowest BCUT2D eigenvalue weighted by Gasteiger charge is -1.95. The number of fused-ring (bicyclic) bond motifs is 1. The predicted molar refractivity (Wildman–Crippen MR) is 72.7 cm³/mol. The van der Waals surface area contributed by atoms with Crippen LogP contribution >= 0.6 is 11.8 Å². The van der Waals surface area contributed by atoms with Crippen LogP contribution in [0.25, 0.3) is 21.5 Å². The van der Waals surface area contributed by atoms with Crippen LogP contribution in [0, 0.1) is 0 Å². The van der Waals surface area contributed by atoms with Crippen molar-refractivity contribution in [2.45, 2.75) is 24.5 Å². The van der Waals surface area contributed by atoms with Gasteiger partial charge in [0, 0.05) is 17.1 Å². The standard InChI is InChI=1S/C12H12N4O2S/c13-16-15-11(17)7-3-4-8-19-12-14-9-5-1-2-6-10(9)18-12/h1-2,5-6H,3-4,7-8H2. The van der Waals surface area contributed by atoms with E-state index in [1.807, 2.05) is 24.3 Å². The summed E-state index contributed by atoms with van der Waals surface area (Å²) in [4.78, 5) is 17.7. The van der Waals surface area contributed by atoms with Gasteiger partial charge >= 0.3 is 0 Å². The molecule has 0 aliphatic rings. The number of rotatable bonds is 6. The van der Waals surface area contributed by atoms with E-state index in [0.29, 0.717) is 11.6 Å². The molecule has 0 atom stereocenters. The average molecular weight is 276 g/mol. The van der Waals surface area contributed by atoms with Gasteiger partial charge in [0.2, 0.25) is 5.91 Å². The van der Waals surface area contributed by atoms with E-state index in [0.717, 1.165) is 23.3 Å². The molecule has 98 valence electrons. The van der Waals surface area contributed by atoms with Crippen LogP contribution in [0.2, 0.25) is 0 Å². The van der Waals surface area contributed by atoms with Gasteiger partial charge in [-0.3, -0.25) is 4.79 Å². The monoisotopic (exact) mass is 276 g/mol. The van der Waals surface area contributed by atoms with E-state index in [2.05, 4.69) is 15.0 Å². The molecule has 0 fully saturated rings. The van der Waals surface area contributed by atoms with E-state index in [4.69, 9.17) is 9.95 Å². The third kappa shape index (κ3) is 4.01. The maximum Gasteiger partial charge on any atom is 0.256 e. The quantitative estimate of drug-likeness (QED) is 0.263. The van der Waals surface area contributed by atoms with Crippen molar-refractivity contribution in [2.24, 2.45) is 5.11 Å². The number of thioether (sulfide) groups is 1. The Morgan fingerprint density at radius 3 is 3.05 bits per heavy atom. The number of hydrogen-bond donors (Lipinski definition) is 0. The molecule has 1 aromatic carbocycles. The third-order valence-electron chi connectivity index (χ3n) is 2.44. The minimum Gasteiger partial charge on any atom is -0.431 e. The van der Waals surface area contributed by atoms with Crippen molar-refractivity contribution in [3.05, 3.63) is 34.7 Å². The summed E-state index contributed by atoms with van der Waals surface area (Å²) in [5.41, 5.74) is 9.70. The van der Waals surface area contributed by atoms with Crippen molar-refractivity contribution in [3.63, 3.8) is 0 Å². The van der Waals surface area contributed by atoms with Crippen molar-refractivity contribution in [3.8, 4) is 0 Å². The van der Waals surface area contributed by atoms with Crippen molar-refractivity contribution >= 4 is 28.8 Å². The van der Waals surface area contributed by atoms with Gasteiger partial charge in [0.25, 0.3) is 5.22 Å². The molecule has 1 aromatic heterocycles. The molecule has 0 saturated heterocycles. The molecule has 0 saturated carbocycles. The van der Waals surface area contributed by atoms with Crippen molar-refractivity contribution in [2.75, 3.05) is 5.75 Å². The fourth-order valence-corrected chi connectivity index (χ4v) is 2.39. The van der Waals surface area contributed by atoms with Crippen LogP contribution in [0.5, 0.6) is 0 Å². The number of nitrogens with zero attached hydrogens (tertiary/aromatic N) is 4. The van der Waals surface area contributed by atoms with Crippen LogP contribution in [0.4, 0.5) is 0 Å². The molecule has 19 heavy (non-hydrogen) atoms. The normalized spacial score (nSPS) is 10.3. The van der Waals surface area contributed by atoms with Crippen molar-refractivity contribution < 1.29 is 9.21 Å². The number of para-hydroxylation sites is 2. The minimum absolute atomic E-state index is 0.290. The van der Waals surface area contributed by atoms with Gasteiger partial charge in [0.15, 0.2) is 5.58 Å². The molecule has 1 amide bonds. The number of carbonyl (C=O) groups is 1. The fraction of sp³-hybridized carbons (Fsp3) is 0.333. The Labute approximate surface area is 113 Å². The Balaban J connectivity index is 1.74. The SMILES string of the molecule is [N-]=[N+]=NC(=O)CCCCSc1nc2ccccc2o1. The van der Waals surface area contributed by atoms with Gasteiger partial charge in [-0.05, 0) is 35.6 Å². The molecule has 2 rings (SSSR count). The van der Waals surface area contributed by atoms with Crippen LogP contribution in [0.1, 0.15) is 19.3 Å². The summed E-state index contributed by atoms with van der Waals surface area (Å²) in [6.07, 6.45) is 1.83. The van der Waals surface area contributed by atoms with Crippen LogP contribution in [-0.4, -0.2) is 16.6 Å². The van der Waals surface area contributed by atoms with Crippen LogP contribution in [0.15, 0.2) is 39.0 Å². The zero-order chi connectivity index (χ0) is 13.5. The molecular formula is C12H12N4O2S. The Kier molecular flexibility index (Phi) is 4.83. The molecule has 0 unspecified atom stereocenters. The predicted octanol–water partition coefficient (Wildman–Crippen LogP) is 3.93. The molecule has 1 heterocycles. The molecular weight excluding hydrogens is 264 g/mol. The van der Waals surface area contributed by atoms with E-state index in [-0.39, 0.29) is 6.42 Å². The topological polar surface area (TPSA) is 91.9 Å². The smallest absolute Gasteiger partial charge is 0.256 e. The molecule has 0 spiro atoms. The molecule has 0 aliphatic heterocycles. The molecule has 0 N–H and O–H groups in total. The second kappa shape index (κ2) is 6.82. The van der Waals surface area contributed by atoms with Crippen LogP contribution in [-0.2, 0) is 4.79 Å². The van der Waals surface area contributed by atoms with Gasteiger partial charge in [0.05, 0.1) is 0 Å². The summed E-state index contributed by atoms with van der Waals surface area (Å²) < 4.78 is 5.55. The second-order valence-corrected chi connectivity index (χ2v) is 4.88. The second-order valence-electron chi connectivity index (χ2n) is 3.84. The number of benzene rings is 1. The lowest BCUT2D eigenvalue weighted by molar-refractivity contribution is -0.118. The number of hydrogen-bond acceptors (Lipinski definition) is 4. The highest BCUT2D eigenvalue weighted by Gasteiger charge is 2.05. The minimum atomic E-state index is -0.408. The maximum atomic E-state index is 10.9. The van der Waals surface area contributed by atoms with Crippen molar-refractivity contribution in [1.82, 2.24) is 4.98 Å². The summed E-state index contributed by atoms with van der Waals surface area (Å²) in [5, 5.41) is 3.65. The van der Waals surface area contributed by atoms with E-state index in [1.165, 1.54) is 11.8 Å². The molecule has 7 heteroatoms. The van der Waals surface area contributed by atoms with E-state index in [9.17, 15) is 4.79 Å². The summed E-state index contributed by atoms with van der Waals surface area (Å²) >= 11 is 1.52. The average Bonchev–Trinajstić information content (AvgIpc) is 2.81. The third-order valence-corrected chi connectivity index (χ3v) is 3.36. The Morgan fingerprint density at radius 1 is 1.42 bits per heavy atom. The first-order valence-corrected chi connectivity index (χ1v) is 6.84. The number of azide groups is 1. The first-order valence-electron chi connectivity index (χ1n) is 5.86. The highest BCUT2D eigenvalue weighted by molar-refractivity contribution is 7.99. The largest absolute Gasteiger partial charge is 0.431 e. The number of carbonyl (C=O) groups excluding carboxylic acids is 1. The van der Waals surface area contributed by atoms with Gasteiger partial charge in [-0.1, -0.05) is 23.9 Å². The van der Waals surface area contributed by atoms with Gasteiger partial charge in [-0.2, -0.15) is 0 Å². The summed E-state index contributed by atoms with van der Waals surface area (Å²) in [7, 11) is 0. The lowest BCUT2D eigenvalue weighted by atomic mass is 10.2. The fourth-order valence-electron chi connectivity index (χ4n) is 1.55. The van der Waals surface area contributed by atoms with Gasteiger partial charge in [-0.15, -0.1) is 0 Å². The summed E-state index contributed by atoms with van der Waals surface area (Å²) in [5.74, 6) is 0.408. The van der Waals surface area contributed by atoms with E-state index < -0.39 is 5.91 Å². The Hall–Kier alpha value is -1.98. The number of amides is 1. The molecule has 0 aliphatic carbocycles. The zero-order valence-corrected chi connectivity index (χ0v) is 11.0. The summed E-state index contributed by atoms with van der Waals surface area (Å²) in [6, 6.07) is 7.61. The van der Waals surface area contributed by atoms with Gasteiger partial charge in [-0.25, -0.2) is 4.98 Å². The first-order chi connectivity index (χ1) is 9.29.